The third kappa shape index (κ3) is 5.75. The maximum atomic E-state index is 5.91. The Morgan fingerprint density at radius 1 is 0.944 bits per heavy atom. The van der Waals surface area contributed by atoms with Crippen LogP contribution in [0, 0.1) is 13.8 Å². The van der Waals surface area contributed by atoms with Crippen molar-refractivity contribution in [1.29, 1.82) is 0 Å². The second-order valence-electron chi connectivity index (χ2n) is 10.1. The van der Waals surface area contributed by atoms with Gasteiger partial charge in [0, 0.05) is 69.9 Å². The summed E-state index contributed by atoms with van der Waals surface area (Å²) in [6, 6.07) is 8.68. The van der Waals surface area contributed by atoms with Crippen LogP contribution in [-0.2, 0) is 16.0 Å². The number of hydrogen-bond donors (Lipinski definition) is 1. The summed E-state index contributed by atoms with van der Waals surface area (Å²) < 4.78 is 13.5. The number of aromatic nitrogens is 2. The molecule has 3 saturated heterocycles. The van der Waals surface area contributed by atoms with E-state index in [0.29, 0.717) is 0 Å². The van der Waals surface area contributed by atoms with Gasteiger partial charge in [0.05, 0.1) is 44.2 Å². The maximum absolute atomic E-state index is 5.91. The third-order valence-electron chi connectivity index (χ3n) is 7.85. The molecule has 5 rings (SSSR count). The van der Waals surface area contributed by atoms with E-state index in [1.54, 1.807) is 0 Å². The second-order valence-corrected chi connectivity index (χ2v) is 10.4. The van der Waals surface area contributed by atoms with E-state index in [1.165, 1.54) is 17.0 Å². The first-order chi connectivity index (χ1) is 17.6. The van der Waals surface area contributed by atoms with Gasteiger partial charge in [-0.15, -0.1) is 0 Å². The average Bonchev–Trinajstić information content (AvgIpc) is 3.39. The number of hydrogen-bond acceptors (Lipinski definition) is 6. The van der Waals surface area contributed by atoms with Crippen molar-refractivity contribution in [2.75, 3.05) is 72.2 Å². The Bertz CT molecular complexity index is 1000. The molecule has 0 aliphatic carbocycles. The average molecular weight is 513 g/mol. The lowest BCUT2D eigenvalue weighted by molar-refractivity contribution is 0.0350. The Hall–Kier alpha value is -2.04. The van der Waals surface area contributed by atoms with Gasteiger partial charge in [-0.3, -0.25) is 14.8 Å². The molecule has 9 heteroatoms. The molecule has 0 saturated carbocycles. The van der Waals surface area contributed by atoms with E-state index in [0.717, 1.165) is 96.0 Å². The van der Waals surface area contributed by atoms with Gasteiger partial charge in [0.2, 0.25) is 0 Å². The zero-order valence-corrected chi connectivity index (χ0v) is 22.5. The van der Waals surface area contributed by atoms with Crippen molar-refractivity contribution in [2.45, 2.75) is 38.9 Å². The fraction of sp³-hybridized carbons (Fsp3) is 0.630. The first-order valence-corrected chi connectivity index (χ1v) is 13.8. The van der Waals surface area contributed by atoms with Gasteiger partial charge in [0.25, 0.3) is 0 Å². The van der Waals surface area contributed by atoms with Crippen LogP contribution in [0.5, 0.6) is 0 Å². The topological polar surface area (TPSA) is 58.0 Å². The van der Waals surface area contributed by atoms with Crippen molar-refractivity contribution >= 4 is 17.3 Å². The van der Waals surface area contributed by atoms with Crippen molar-refractivity contribution < 1.29 is 9.47 Å². The lowest BCUT2D eigenvalue weighted by atomic mass is 9.96. The van der Waals surface area contributed by atoms with Crippen molar-refractivity contribution in [1.82, 2.24) is 29.6 Å². The summed E-state index contributed by atoms with van der Waals surface area (Å²) in [5.74, 6) is 0. The van der Waals surface area contributed by atoms with Crippen LogP contribution in [0.25, 0.3) is 0 Å². The van der Waals surface area contributed by atoms with Crippen molar-refractivity contribution in [2.24, 2.45) is 0 Å². The summed E-state index contributed by atoms with van der Waals surface area (Å²) >= 11 is 5.91. The Balaban J connectivity index is 1.36. The zero-order valence-electron chi connectivity index (χ0n) is 21.7. The summed E-state index contributed by atoms with van der Waals surface area (Å²) in [5, 5.41) is 4.44. The van der Waals surface area contributed by atoms with Gasteiger partial charge >= 0.3 is 0 Å². The molecule has 196 valence electrons. The van der Waals surface area contributed by atoms with Gasteiger partial charge in [0.1, 0.15) is 0 Å². The lowest BCUT2D eigenvalue weighted by Crippen LogP contribution is -2.42. The van der Waals surface area contributed by atoms with E-state index in [9.17, 15) is 0 Å². The number of aryl methyl sites for hydroxylation is 1. The van der Waals surface area contributed by atoms with Gasteiger partial charge in [-0.25, -0.2) is 0 Å². The third-order valence-corrected chi connectivity index (χ3v) is 8.20. The van der Waals surface area contributed by atoms with E-state index in [2.05, 4.69) is 56.6 Å². The van der Waals surface area contributed by atoms with Crippen LogP contribution >= 0.6 is 12.2 Å². The molecular weight excluding hydrogens is 472 g/mol. The number of morpholine rings is 2. The number of pyridine rings is 1. The summed E-state index contributed by atoms with van der Waals surface area (Å²) in [4.78, 5) is 12.1. The minimum Gasteiger partial charge on any atom is -0.379 e. The van der Waals surface area contributed by atoms with Gasteiger partial charge in [-0.05, 0) is 56.2 Å². The first kappa shape index (κ1) is 25.6. The van der Waals surface area contributed by atoms with Crippen LogP contribution < -0.4 is 5.32 Å². The lowest BCUT2D eigenvalue weighted by Gasteiger charge is -2.32. The summed E-state index contributed by atoms with van der Waals surface area (Å²) in [5.41, 5.74) is 5.04. The molecule has 5 heterocycles. The molecule has 2 aromatic rings. The standard InChI is InChI=1S/C27H40N6O2S/c1-21-20-23(22(2)32(21)9-5-8-30-12-16-34-17-13-30)26-25(24-6-3-4-7-28-24)29-27(36)33(26)11-10-31-14-18-35-19-15-31/h3-4,6-7,20,25-26H,5,8-19H2,1-2H3,(H,29,36)/t25-,26+/m1/s1. The molecule has 3 aliphatic rings. The summed E-state index contributed by atoms with van der Waals surface area (Å²) in [7, 11) is 0. The number of nitrogens with one attached hydrogen (secondary N) is 1. The molecule has 36 heavy (non-hydrogen) atoms. The molecule has 8 nitrogen and oxygen atoms in total. The number of thiocarbonyl (C=S) groups is 1. The van der Waals surface area contributed by atoms with Crippen LogP contribution in [0.1, 0.15) is 41.1 Å². The molecule has 0 aromatic carbocycles. The van der Waals surface area contributed by atoms with Crippen molar-refractivity contribution in [3.63, 3.8) is 0 Å². The van der Waals surface area contributed by atoms with Crippen LogP contribution in [0.2, 0.25) is 0 Å². The summed E-state index contributed by atoms with van der Waals surface area (Å²) in [6.07, 6.45) is 3.02. The highest BCUT2D eigenvalue weighted by atomic mass is 32.1. The highest BCUT2D eigenvalue weighted by molar-refractivity contribution is 7.80. The Morgan fingerprint density at radius 2 is 1.64 bits per heavy atom. The zero-order chi connectivity index (χ0) is 24.9. The Kier molecular flexibility index (Phi) is 8.54. The fourth-order valence-corrected chi connectivity index (χ4v) is 6.14. The first-order valence-electron chi connectivity index (χ1n) is 13.4. The van der Waals surface area contributed by atoms with Gasteiger partial charge < -0.3 is 24.3 Å². The van der Waals surface area contributed by atoms with Crippen LogP contribution in [-0.4, -0.2) is 102 Å². The van der Waals surface area contributed by atoms with Crippen LogP contribution in [0.3, 0.4) is 0 Å². The summed E-state index contributed by atoms with van der Waals surface area (Å²) in [6.45, 7) is 15.9. The highest BCUT2D eigenvalue weighted by Crippen LogP contribution is 2.40. The van der Waals surface area contributed by atoms with Crippen LogP contribution in [0.15, 0.2) is 30.5 Å². The van der Waals surface area contributed by atoms with Crippen molar-refractivity contribution in [3.8, 4) is 0 Å². The molecule has 0 spiro atoms. The molecule has 3 fully saturated rings. The minimum atomic E-state index is 0.0330. The van der Waals surface area contributed by atoms with Gasteiger partial charge in [-0.2, -0.15) is 0 Å². The van der Waals surface area contributed by atoms with E-state index >= 15 is 0 Å². The Morgan fingerprint density at radius 3 is 2.31 bits per heavy atom. The molecule has 0 bridgehead atoms. The quantitative estimate of drug-likeness (QED) is 0.515. The largest absolute Gasteiger partial charge is 0.379 e. The molecule has 0 amide bonds. The SMILES string of the molecule is Cc1cc([C@H]2[C@@H](c3ccccn3)NC(=S)N2CCN2CCOCC2)c(C)n1CCCN1CCOCC1. The van der Waals surface area contributed by atoms with E-state index < -0.39 is 0 Å². The normalized spacial score (nSPS) is 23.8. The number of ether oxygens (including phenoxy) is 2. The van der Waals surface area contributed by atoms with E-state index in [4.69, 9.17) is 26.7 Å². The predicted octanol–water partition coefficient (Wildman–Crippen LogP) is 2.53. The molecule has 0 radical (unpaired) electrons. The molecule has 3 aliphatic heterocycles. The van der Waals surface area contributed by atoms with Crippen molar-refractivity contribution in [3.05, 3.63) is 53.1 Å². The molecule has 2 aromatic heterocycles. The predicted molar refractivity (Wildman–Crippen MR) is 145 cm³/mol. The van der Waals surface area contributed by atoms with Gasteiger partial charge in [-0.1, -0.05) is 6.07 Å². The molecule has 2 atom stereocenters. The molecule has 0 unspecified atom stereocenters. The maximum Gasteiger partial charge on any atom is 0.170 e. The number of rotatable bonds is 9. The Labute approximate surface area is 220 Å². The van der Waals surface area contributed by atoms with Gasteiger partial charge in [0.15, 0.2) is 5.11 Å². The van der Waals surface area contributed by atoms with E-state index in [-0.39, 0.29) is 12.1 Å². The minimum absolute atomic E-state index is 0.0330. The fourth-order valence-electron chi connectivity index (χ4n) is 5.81. The molecule has 1 N–H and O–H groups in total. The van der Waals surface area contributed by atoms with Crippen LogP contribution in [0.4, 0.5) is 0 Å². The number of nitrogens with zero attached hydrogens (tertiary/aromatic N) is 5. The highest BCUT2D eigenvalue weighted by Gasteiger charge is 2.41. The van der Waals surface area contributed by atoms with E-state index in [1.807, 2.05) is 12.3 Å². The second kappa shape index (κ2) is 12.0. The molecular formula is C27H40N6O2S. The monoisotopic (exact) mass is 512 g/mol. The smallest absolute Gasteiger partial charge is 0.170 e.